The quantitative estimate of drug-likeness (QED) is 0.810. The third kappa shape index (κ3) is 3.16. The van der Waals surface area contributed by atoms with Gasteiger partial charge in [-0.1, -0.05) is 60.7 Å². The Kier molecular flexibility index (Phi) is 4.34. The van der Waals surface area contributed by atoms with E-state index in [0.29, 0.717) is 12.8 Å². The summed E-state index contributed by atoms with van der Waals surface area (Å²) in [6.07, 6.45) is 0.204. The first kappa shape index (κ1) is 14.3. The highest BCUT2D eigenvalue weighted by Crippen LogP contribution is 2.32. The molecule has 0 saturated carbocycles. The van der Waals surface area contributed by atoms with Crippen LogP contribution in [0.15, 0.2) is 60.7 Å². The monoisotopic (exact) mass is 283 g/mol. The highest BCUT2D eigenvalue weighted by Gasteiger charge is 2.35. The molecule has 21 heavy (non-hydrogen) atoms. The first-order valence-corrected chi connectivity index (χ1v) is 7.48. The number of rotatable bonds is 3. The predicted molar refractivity (Wildman–Crippen MR) is 82.9 cm³/mol. The molecule has 3 N–H and O–H groups in total. The standard InChI is InChI=1S/C18H21NO2/c20-15-11-12-16(21)19-18(15)17(13-7-3-1-4-8-13)14-9-5-2-6-10-14/h1-10,15-21H,11-12H2. The predicted octanol–water partition coefficient (Wildman–Crippen LogP) is 2.25. The SMILES string of the molecule is OC1CCC(O)C(C(c2ccccc2)c2ccccc2)N1. The summed E-state index contributed by atoms with van der Waals surface area (Å²) in [5, 5.41) is 23.5. The molecule has 0 radical (unpaired) electrons. The Morgan fingerprint density at radius 2 is 1.33 bits per heavy atom. The van der Waals surface area contributed by atoms with Crippen LogP contribution < -0.4 is 5.32 Å². The van der Waals surface area contributed by atoms with Crippen molar-refractivity contribution in [2.45, 2.75) is 37.1 Å². The van der Waals surface area contributed by atoms with Crippen molar-refractivity contribution in [1.29, 1.82) is 0 Å². The molecule has 1 heterocycles. The lowest BCUT2D eigenvalue weighted by Crippen LogP contribution is -2.53. The molecule has 0 amide bonds. The Labute approximate surface area is 125 Å². The van der Waals surface area contributed by atoms with Crippen LogP contribution in [-0.2, 0) is 0 Å². The van der Waals surface area contributed by atoms with Crippen molar-refractivity contribution >= 4 is 0 Å². The zero-order valence-corrected chi connectivity index (χ0v) is 11.9. The molecule has 1 aliphatic rings. The van der Waals surface area contributed by atoms with Crippen molar-refractivity contribution in [3.8, 4) is 0 Å². The van der Waals surface area contributed by atoms with E-state index in [1.807, 2.05) is 36.4 Å². The fourth-order valence-electron chi connectivity index (χ4n) is 3.17. The van der Waals surface area contributed by atoms with E-state index in [1.165, 1.54) is 0 Å². The van der Waals surface area contributed by atoms with E-state index in [4.69, 9.17) is 0 Å². The van der Waals surface area contributed by atoms with Gasteiger partial charge in [-0.05, 0) is 24.0 Å². The third-order valence-corrected chi connectivity index (χ3v) is 4.21. The molecule has 0 aliphatic carbocycles. The lowest BCUT2D eigenvalue weighted by Gasteiger charge is -2.38. The molecule has 3 nitrogen and oxygen atoms in total. The molecule has 3 atom stereocenters. The fraction of sp³-hybridized carbons (Fsp3) is 0.333. The van der Waals surface area contributed by atoms with Crippen molar-refractivity contribution in [1.82, 2.24) is 5.32 Å². The molecule has 1 saturated heterocycles. The van der Waals surface area contributed by atoms with Crippen molar-refractivity contribution in [3.05, 3.63) is 71.8 Å². The Morgan fingerprint density at radius 3 is 1.86 bits per heavy atom. The zero-order chi connectivity index (χ0) is 14.7. The van der Waals surface area contributed by atoms with Crippen molar-refractivity contribution < 1.29 is 10.2 Å². The van der Waals surface area contributed by atoms with Gasteiger partial charge < -0.3 is 10.2 Å². The maximum atomic E-state index is 10.4. The smallest absolute Gasteiger partial charge is 0.105 e. The highest BCUT2D eigenvalue weighted by atomic mass is 16.3. The molecule has 0 spiro atoms. The molecule has 3 unspecified atom stereocenters. The molecule has 2 aromatic rings. The minimum absolute atomic E-state index is 0.0253. The van der Waals surface area contributed by atoms with Gasteiger partial charge in [-0.25, -0.2) is 0 Å². The largest absolute Gasteiger partial charge is 0.391 e. The molecular formula is C18H21NO2. The van der Waals surface area contributed by atoms with Crippen LogP contribution in [0.3, 0.4) is 0 Å². The van der Waals surface area contributed by atoms with Crippen LogP contribution in [0, 0.1) is 0 Å². The normalized spacial score (nSPS) is 26.0. The van der Waals surface area contributed by atoms with Crippen LogP contribution in [-0.4, -0.2) is 28.6 Å². The van der Waals surface area contributed by atoms with Gasteiger partial charge in [0, 0.05) is 12.0 Å². The summed E-state index contributed by atoms with van der Waals surface area (Å²) >= 11 is 0. The minimum Gasteiger partial charge on any atom is -0.391 e. The van der Waals surface area contributed by atoms with Crippen LogP contribution in [0.1, 0.15) is 29.9 Å². The first-order chi connectivity index (χ1) is 10.3. The van der Waals surface area contributed by atoms with Crippen LogP contribution in [0.2, 0.25) is 0 Å². The molecule has 0 aromatic heterocycles. The van der Waals surface area contributed by atoms with Crippen LogP contribution in [0.4, 0.5) is 0 Å². The zero-order valence-electron chi connectivity index (χ0n) is 11.9. The molecule has 1 fully saturated rings. The molecule has 110 valence electrons. The second-order valence-electron chi connectivity index (χ2n) is 5.65. The second-order valence-corrected chi connectivity index (χ2v) is 5.65. The van der Waals surface area contributed by atoms with E-state index in [9.17, 15) is 10.2 Å². The summed E-state index contributed by atoms with van der Waals surface area (Å²) in [4.78, 5) is 0. The summed E-state index contributed by atoms with van der Waals surface area (Å²) in [6.45, 7) is 0. The number of hydrogen-bond acceptors (Lipinski definition) is 3. The van der Waals surface area contributed by atoms with Crippen LogP contribution in [0.25, 0.3) is 0 Å². The summed E-state index contributed by atoms with van der Waals surface area (Å²) in [5.74, 6) is 0.0253. The Bertz CT molecular complexity index is 518. The molecular weight excluding hydrogens is 262 g/mol. The van der Waals surface area contributed by atoms with Gasteiger partial charge in [-0.15, -0.1) is 0 Å². The van der Waals surface area contributed by atoms with E-state index >= 15 is 0 Å². The van der Waals surface area contributed by atoms with E-state index in [0.717, 1.165) is 11.1 Å². The molecule has 1 aliphatic heterocycles. The van der Waals surface area contributed by atoms with E-state index in [2.05, 4.69) is 29.6 Å². The van der Waals surface area contributed by atoms with Crippen LogP contribution in [0.5, 0.6) is 0 Å². The van der Waals surface area contributed by atoms with Gasteiger partial charge in [0.25, 0.3) is 0 Å². The molecule has 2 aromatic carbocycles. The average Bonchev–Trinajstić information content (AvgIpc) is 2.53. The average molecular weight is 283 g/mol. The van der Waals surface area contributed by atoms with Crippen molar-refractivity contribution in [2.24, 2.45) is 0 Å². The Balaban J connectivity index is 2.00. The van der Waals surface area contributed by atoms with E-state index in [-0.39, 0.29) is 12.0 Å². The summed E-state index contributed by atoms with van der Waals surface area (Å²) in [5.41, 5.74) is 2.30. The number of aliphatic hydroxyl groups is 2. The highest BCUT2D eigenvalue weighted by molar-refractivity contribution is 5.35. The maximum Gasteiger partial charge on any atom is 0.105 e. The van der Waals surface area contributed by atoms with Gasteiger partial charge in [-0.3, -0.25) is 5.32 Å². The number of benzene rings is 2. The lowest BCUT2D eigenvalue weighted by molar-refractivity contribution is 0.00456. The second kappa shape index (κ2) is 6.39. The topological polar surface area (TPSA) is 52.5 Å². The summed E-state index contributed by atoms with van der Waals surface area (Å²) in [6, 6.07) is 20.1. The van der Waals surface area contributed by atoms with Gasteiger partial charge in [-0.2, -0.15) is 0 Å². The Morgan fingerprint density at radius 1 is 0.810 bits per heavy atom. The third-order valence-electron chi connectivity index (χ3n) is 4.21. The van der Waals surface area contributed by atoms with E-state index in [1.54, 1.807) is 0 Å². The van der Waals surface area contributed by atoms with Gasteiger partial charge in [0.15, 0.2) is 0 Å². The number of piperidine rings is 1. The lowest BCUT2D eigenvalue weighted by atomic mass is 9.80. The number of aliphatic hydroxyl groups excluding tert-OH is 2. The number of hydrogen-bond donors (Lipinski definition) is 3. The first-order valence-electron chi connectivity index (χ1n) is 7.48. The molecule has 0 bridgehead atoms. The summed E-state index contributed by atoms with van der Waals surface area (Å²) < 4.78 is 0. The van der Waals surface area contributed by atoms with Crippen molar-refractivity contribution in [2.75, 3.05) is 0 Å². The molecule has 3 heteroatoms. The summed E-state index contributed by atoms with van der Waals surface area (Å²) in [7, 11) is 0. The van der Waals surface area contributed by atoms with Gasteiger partial charge in [0.05, 0.1) is 6.10 Å². The number of nitrogens with one attached hydrogen (secondary N) is 1. The van der Waals surface area contributed by atoms with Crippen molar-refractivity contribution in [3.63, 3.8) is 0 Å². The van der Waals surface area contributed by atoms with E-state index < -0.39 is 12.3 Å². The Hall–Kier alpha value is -1.68. The van der Waals surface area contributed by atoms with Gasteiger partial charge in [0.1, 0.15) is 6.23 Å². The van der Waals surface area contributed by atoms with Gasteiger partial charge in [0.2, 0.25) is 0 Å². The fourth-order valence-corrected chi connectivity index (χ4v) is 3.17. The van der Waals surface area contributed by atoms with Crippen LogP contribution >= 0.6 is 0 Å². The molecule has 3 rings (SSSR count). The van der Waals surface area contributed by atoms with Gasteiger partial charge >= 0.3 is 0 Å². The maximum absolute atomic E-state index is 10.4. The minimum atomic E-state index is -0.548.